The Morgan fingerprint density at radius 1 is 0.769 bits per heavy atom. The first-order valence-corrected chi connectivity index (χ1v) is 12.5. The van der Waals surface area contributed by atoms with Crippen molar-refractivity contribution in [2.75, 3.05) is 6.61 Å². The quantitative estimate of drug-likeness (QED) is 0.197. The molecular weight excluding hydrogens is 508 g/mol. The maximum Gasteiger partial charge on any atom is 0.229 e. The Morgan fingerprint density at radius 2 is 1.49 bits per heavy atom. The van der Waals surface area contributed by atoms with Gasteiger partial charge in [-0.05, 0) is 47.7 Å². The Bertz CT molecular complexity index is 1400. The van der Waals surface area contributed by atoms with Crippen molar-refractivity contribution in [3.8, 4) is 11.5 Å². The lowest BCUT2D eigenvalue weighted by molar-refractivity contribution is -0.277. The summed E-state index contributed by atoms with van der Waals surface area (Å²) >= 11 is 0. The highest BCUT2D eigenvalue weighted by Crippen LogP contribution is 2.42. The molecule has 1 fully saturated rings. The van der Waals surface area contributed by atoms with Crippen LogP contribution in [0.5, 0.6) is 11.5 Å². The molecule has 39 heavy (non-hydrogen) atoms. The van der Waals surface area contributed by atoms with E-state index in [-0.39, 0.29) is 34.6 Å². The maximum absolute atomic E-state index is 13.6. The van der Waals surface area contributed by atoms with E-state index in [1.54, 1.807) is 6.07 Å². The van der Waals surface area contributed by atoms with E-state index in [0.717, 1.165) is 5.56 Å². The van der Waals surface area contributed by atoms with Crippen LogP contribution in [0, 0.1) is 0 Å². The molecule has 0 amide bonds. The number of aliphatic hydroxyl groups is 5. The average molecular weight is 537 g/mol. The summed E-state index contributed by atoms with van der Waals surface area (Å²) in [5.74, 6) is -2.07. The molecule has 3 aromatic rings. The van der Waals surface area contributed by atoms with E-state index in [4.69, 9.17) is 9.47 Å². The van der Waals surface area contributed by atoms with Gasteiger partial charge in [0, 0.05) is 16.7 Å². The van der Waals surface area contributed by atoms with Gasteiger partial charge in [-0.1, -0.05) is 36.4 Å². The van der Waals surface area contributed by atoms with Crippen molar-refractivity contribution in [1.29, 1.82) is 0 Å². The Labute approximate surface area is 223 Å². The molecule has 0 radical (unpaired) electrons. The zero-order chi connectivity index (χ0) is 27.8. The highest BCUT2D eigenvalue weighted by atomic mass is 16.7. The van der Waals surface area contributed by atoms with Gasteiger partial charge in [-0.3, -0.25) is 9.59 Å². The minimum atomic E-state index is -1.75. The molecule has 0 saturated carbocycles. The number of hydrogen-bond acceptors (Lipinski definition) is 10. The Balaban J connectivity index is 1.60. The molecule has 6 N–H and O–H groups in total. The largest absolute Gasteiger partial charge is 0.504 e. The van der Waals surface area contributed by atoms with E-state index in [0.29, 0.717) is 24.0 Å². The Kier molecular flexibility index (Phi) is 7.50. The highest BCUT2D eigenvalue weighted by Gasteiger charge is 2.45. The topological polar surface area (TPSA) is 174 Å². The monoisotopic (exact) mass is 536 g/mol. The number of aliphatic hydroxyl groups excluding tert-OH is 5. The number of rotatable bonds is 7. The standard InChI is InChI=1S/C29H28O10/c30-12-15-7-9-17-18(10-15)24(33)22-21(23(17)32)16(8-6-14-4-2-1-3-5-14)11-19(25(22)34)38-29-28(37)27(36)26(35)20(13-31)39-29/h1-5,7,9-11,20,26-31,34-37H,6,8,12-13H2/t20-,26-,27+,28-,29-/m0/s1. The lowest BCUT2D eigenvalue weighted by Crippen LogP contribution is -2.60. The molecule has 3 aromatic carbocycles. The van der Waals surface area contributed by atoms with Crippen LogP contribution in [0.15, 0.2) is 54.6 Å². The summed E-state index contributed by atoms with van der Waals surface area (Å²) in [5.41, 5.74) is 1.70. The summed E-state index contributed by atoms with van der Waals surface area (Å²) in [6.45, 7) is -1.03. The van der Waals surface area contributed by atoms with Gasteiger partial charge in [0.2, 0.25) is 6.29 Å². The molecule has 10 nitrogen and oxygen atoms in total. The molecule has 1 aliphatic heterocycles. The van der Waals surface area contributed by atoms with Crippen molar-refractivity contribution >= 4 is 11.6 Å². The molecular formula is C29H28O10. The van der Waals surface area contributed by atoms with Gasteiger partial charge in [-0.25, -0.2) is 0 Å². The van der Waals surface area contributed by atoms with Crippen LogP contribution in [-0.4, -0.2) is 79.5 Å². The molecule has 5 rings (SSSR count). The van der Waals surface area contributed by atoms with Crippen molar-refractivity contribution in [1.82, 2.24) is 0 Å². The van der Waals surface area contributed by atoms with Crippen molar-refractivity contribution < 1.29 is 49.7 Å². The minimum Gasteiger partial charge on any atom is -0.504 e. The van der Waals surface area contributed by atoms with Gasteiger partial charge in [-0.2, -0.15) is 0 Å². The fourth-order valence-electron chi connectivity index (χ4n) is 5.03. The highest BCUT2D eigenvalue weighted by molar-refractivity contribution is 6.30. The van der Waals surface area contributed by atoms with E-state index in [1.807, 2.05) is 30.3 Å². The zero-order valence-corrected chi connectivity index (χ0v) is 20.7. The fraction of sp³-hybridized carbons (Fsp3) is 0.310. The number of carbonyl (C=O) groups excluding carboxylic acids is 2. The third-order valence-electron chi connectivity index (χ3n) is 7.17. The normalized spacial score (nSPS) is 24.3. The number of aryl methyl sites for hydroxylation is 2. The summed E-state index contributed by atoms with van der Waals surface area (Å²) in [5, 5.41) is 60.9. The molecule has 5 atom stereocenters. The van der Waals surface area contributed by atoms with Crippen LogP contribution >= 0.6 is 0 Å². The summed E-state index contributed by atoms with van der Waals surface area (Å²) in [4.78, 5) is 27.3. The zero-order valence-electron chi connectivity index (χ0n) is 20.7. The summed E-state index contributed by atoms with van der Waals surface area (Å²) in [7, 11) is 0. The second kappa shape index (κ2) is 10.9. The lowest BCUT2D eigenvalue weighted by Gasteiger charge is -2.39. The van der Waals surface area contributed by atoms with Gasteiger partial charge in [0.1, 0.15) is 24.4 Å². The van der Waals surface area contributed by atoms with Crippen LogP contribution in [0.25, 0.3) is 0 Å². The van der Waals surface area contributed by atoms with Crippen molar-refractivity contribution in [2.45, 2.75) is 50.2 Å². The van der Waals surface area contributed by atoms with Crippen LogP contribution < -0.4 is 4.74 Å². The molecule has 0 bridgehead atoms. The number of benzene rings is 3. The molecule has 204 valence electrons. The van der Waals surface area contributed by atoms with Gasteiger partial charge < -0.3 is 40.1 Å². The number of phenols is 1. The molecule has 1 saturated heterocycles. The summed E-state index contributed by atoms with van der Waals surface area (Å²) in [6, 6.07) is 15.3. The predicted octanol–water partition coefficient (Wildman–Crippen LogP) is 0.624. The van der Waals surface area contributed by atoms with Gasteiger partial charge in [0.15, 0.2) is 23.1 Å². The molecule has 1 aliphatic carbocycles. The van der Waals surface area contributed by atoms with Crippen molar-refractivity contribution in [2.24, 2.45) is 0 Å². The SMILES string of the molecule is O=C1c2ccc(CO)cc2C(=O)c2c(O)c(O[C@H]3O[C@@H](CO)[C@H](O)[C@@H](O)[C@@H]3O)cc(CCc3ccccc3)c21. The Hall–Kier alpha value is -3.64. The third-order valence-corrected chi connectivity index (χ3v) is 7.17. The lowest BCUT2D eigenvalue weighted by atomic mass is 9.79. The average Bonchev–Trinajstić information content (AvgIpc) is 2.96. The number of ether oxygens (including phenoxy) is 2. The third kappa shape index (κ3) is 4.82. The number of phenolic OH excluding ortho intramolecular Hbond substituents is 1. The number of aromatic hydroxyl groups is 1. The fourth-order valence-corrected chi connectivity index (χ4v) is 5.03. The first-order valence-electron chi connectivity index (χ1n) is 12.5. The van der Waals surface area contributed by atoms with Gasteiger partial charge in [0.25, 0.3) is 0 Å². The van der Waals surface area contributed by atoms with Gasteiger partial charge >= 0.3 is 0 Å². The predicted molar refractivity (Wildman–Crippen MR) is 136 cm³/mol. The number of fused-ring (bicyclic) bond motifs is 2. The smallest absolute Gasteiger partial charge is 0.229 e. The van der Waals surface area contributed by atoms with Crippen LogP contribution in [0.3, 0.4) is 0 Å². The molecule has 1 heterocycles. The second-order valence-corrected chi connectivity index (χ2v) is 9.63. The van der Waals surface area contributed by atoms with E-state index in [2.05, 4.69) is 0 Å². The van der Waals surface area contributed by atoms with Crippen molar-refractivity contribution in [3.05, 3.63) is 93.5 Å². The van der Waals surface area contributed by atoms with E-state index >= 15 is 0 Å². The molecule has 0 unspecified atom stereocenters. The molecule has 2 aliphatic rings. The van der Waals surface area contributed by atoms with Crippen LogP contribution in [-0.2, 0) is 24.2 Å². The number of hydrogen-bond donors (Lipinski definition) is 6. The summed E-state index contributed by atoms with van der Waals surface area (Å²) in [6.07, 6.45) is -7.16. The van der Waals surface area contributed by atoms with Crippen molar-refractivity contribution in [3.63, 3.8) is 0 Å². The summed E-state index contributed by atoms with van der Waals surface area (Å²) < 4.78 is 11.1. The molecule has 0 aromatic heterocycles. The maximum atomic E-state index is 13.6. The van der Waals surface area contributed by atoms with Crippen LogP contribution in [0.1, 0.15) is 48.5 Å². The van der Waals surface area contributed by atoms with E-state index < -0.39 is 54.6 Å². The first kappa shape index (κ1) is 26.9. The van der Waals surface area contributed by atoms with E-state index in [9.17, 15) is 40.2 Å². The van der Waals surface area contributed by atoms with Crippen LogP contribution in [0.2, 0.25) is 0 Å². The van der Waals surface area contributed by atoms with Crippen LogP contribution in [0.4, 0.5) is 0 Å². The molecule has 10 heteroatoms. The van der Waals surface area contributed by atoms with Gasteiger partial charge in [-0.15, -0.1) is 0 Å². The van der Waals surface area contributed by atoms with E-state index in [1.165, 1.54) is 18.2 Å². The minimum absolute atomic E-state index is 0.0216. The second-order valence-electron chi connectivity index (χ2n) is 9.63. The Morgan fingerprint density at radius 3 is 2.18 bits per heavy atom. The first-order chi connectivity index (χ1) is 18.7. The molecule has 0 spiro atoms. The number of ketones is 2. The van der Waals surface area contributed by atoms with Gasteiger partial charge in [0.05, 0.1) is 18.8 Å². The number of carbonyl (C=O) groups is 2.